The second-order valence-electron chi connectivity index (χ2n) is 6.16. The minimum atomic E-state index is -0.0882. The van der Waals surface area contributed by atoms with Gasteiger partial charge in [-0.05, 0) is 49.3 Å². The van der Waals surface area contributed by atoms with E-state index < -0.39 is 0 Å². The van der Waals surface area contributed by atoms with Gasteiger partial charge in [-0.1, -0.05) is 13.8 Å². The lowest BCUT2D eigenvalue weighted by Gasteiger charge is -2.33. The van der Waals surface area contributed by atoms with Crippen LogP contribution in [0, 0.1) is 11.8 Å². The van der Waals surface area contributed by atoms with E-state index in [1.165, 1.54) is 19.3 Å². The molecule has 2 N–H and O–H groups in total. The van der Waals surface area contributed by atoms with Gasteiger partial charge >= 0.3 is 0 Å². The van der Waals surface area contributed by atoms with Crippen molar-refractivity contribution in [2.75, 3.05) is 17.2 Å². The quantitative estimate of drug-likeness (QED) is 0.870. The number of hydrogen-bond acceptors (Lipinski definition) is 3. The van der Waals surface area contributed by atoms with Crippen molar-refractivity contribution in [3.8, 4) is 5.75 Å². The molecule has 0 spiro atoms. The fraction of sp³-hybridized carbons (Fsp3) is 0.562. The number of amides is 1. The zero-order valence-electron chi connectivity index (χ0n) is 12.1. The third-order valence-electron chi connectivity index (χ3n) is 4.58. The molecule has 1 saturated carbocycles. The van der Waals surface area contributed by atoms with Crippen LogP contribution in [-0.4, -0.2) is 18.6 Å². The Morgan fingerprint density at radius 3 is 2.90 bits per heavy atom. The molecule has 1 aromatic carbocycles. The zero-order valence-corrected chi connectivity index (χ0v) is 12.1. The summed E-state index contributed by atoms with van der Waals surface area (Å²) in [5, 5.41) is 6.44. The van der Waals surface area contributed by atoms with E-state index in [0.29, 0.717) is 6.04 Å². The van der Waals surface area contributed by atoms with Gasteiger partial charge in [0.25, 0.3) is 5.91 Å². The van der Waals surface area contributed by atoms with Gasteiger partial charge in [-0.25, -0.2) is 0 Å². The average Bonchev–Trinajstić information content (AvgIpc) is 2.42. The lowest BCUT2D eigenvalue weighted by molar-refractivity contribution is -0.118. The molecule has 3 rings (SSSR count). The van der Waals surface area contributed by atoms with E-state index in [-0.39, 0.29) is 12.5 Å². The van der Waals surface area contributed by atoms with Crippen LogP contribution in [0.1, 0.15) is 33.1 Å². The molecule has 3 atom stereocenters. The number of nitrogens with one attached hydrogen (secondary N) is 2. The molecule has 1 heterocycles. The Morgan fingerprint density at radius 1 is 1.25 bits per heavy atom. The molecule has 20 heavy (non-hydrogen) atoms. The number of rotatable bonds is 2. The fourth-order valence-electron chi connectivity index (χ4n) is 3.09. The van der Waals surface area contributed by atoms with E-state index in [1.807, 2.05) is 18.2 Å². The van der Waals surface area contributed by atoms with E-state index in [9.17, 15) is 4.79 Å². The van der Waals surface area contributed by atoms with Gasteiger partial charge in [-0.15, -0.1) is 0 Å². The number of anilines is 2. The van der Waals surface area contributed by atoms with Crippen LogP contribution in [0.5, 0.6) is 5.75 Å². The second-order valence-corrected chi connectivity index (χ2v) is 6.16. The molecule has 2 aliphatic rings. The monoisotopic (exact) mass is 274 g/mol. The first-order chi connectivity index (χ1) is 9.61. The molecule has 3 unspecified atom stereocenters. The molecule has 4 nitrogen and oxygen atoms in total. The van der Waals surface area contributed by atoms with E-state index in [1.54, 1.807) is 0 Å². The van der Waals surface area contributed by atoms with Gasteiger partial charge in [0.1, 0.15) is 5.75 Å². The standard InChI is InChI=1S/C16H22N2O2/c1-10-3-4-12(7-11(10)2)17-13-5-6-15-14(8-13)18-16(19)9-20-15/h5-6,8,10-12,17H,3-4,7,9H2,1-2H3,(H,18,19). The van der Waals surface area contributed by atoms with Crippen molar-refractivity contribution in [3.63, 3.8) is 0 Å². The van der Waals surface area contributed by atoms with Crippen molar-refractivity contribution in [1.29, 1.82) is 0 Å². The van der Waals surface area contributed by atoms with Gasteiger partial charge in [0.15, 0.2) is 6.61 Å². The van der Waals surface area contributed by atoms with Crippen LogP contribution >= 0.6 is 0 Å². The molecule has 1 aromatic rings. The van der Waals surface area contributed by atoms with Gasteiger partial charge in [-0.2, -0.15) is 0 Å². The zero-order chi connectivity index (χ0) is 14.1. The summed E-state index contributed by atoms with van der Waals surface area (Å²) >= 11 is 0. The summed E-state index contributed by atoms with van der Waals surface area (Å²) in [5.74, 6) is 2.25. The lowest BCUT2D eigenvalue weighted by Crippen LogP contribution is -2.30. The molecule has 108 valence electrons. The number of ether oxygens (including phenoxy) is 1. The maximum absolute atomic E-state index is 11.3. The molecular formula is C16H22N2O2. The Labute approximate surface area is 119 Å². The van der Waals surface area contributed by atoms with Gasteiger partial charge in [0.05, 0.1) is 5.69 Å². The van der Waals surface area contributed by atoms with Crippen molar-refractivity contribution < 1.29 is 9.53 Å². The minimum absolute atomic E-state index is 0.0882. The van der Waals surface area contributed by atoms with E-state index >= 15 is 0 Å². The summed E-state index contributed by atoms with van der Waals surface area (Å²) in [7, 11) is 0. The topological polar surface area (TPSA) is 50.4 Å². The summed E-state index contributed by atoms with van der Waals surface area (Å²) in [6, 6.07) is 6.44. The molecule has 0 saturated heterocycles. The van der Waals surface area contributed by atoms with Crippen molar-refractivity contribution in [3.05, 3.63) is 18.2 Å². The third-order valence-corrected chi connectivity index (χ3v) is 4.58. The Bertz CT molecular complexity index is 515. The van der Waals surface area contributed by atoms with Crippen molar-refractivity contribution in [2.24, 2.45) is 11.8 Å². The predicted octanol–water partition coefficient (Wildman–Crippen LogP) is 3.25. The van der Waals surface area contributed by atoms with Crippen LogP contribution in [0.4, 0.5) is 11.4 Å². The molecule has 0 aromatic heterocycles. The Kier molecular flexibility index (Phi) is 3.55. The summed E-state index contributed by atoms with van der Waals surface area (Å²) in [5.41, 5.74) is 1.82. The highest BCUT2D eigenvalue weighted by Gasteiger charge is 2.24. The predicted molar refractivity (Wildman–Crippen MR) is 80.2 cm³/mol. The number of benzene rings is 1. The lowest BCUT2D eigenvalue weighted by atomic mass is 9.79. The van der Waals surface area contributed by atoms with Crippen LogP contribution in [0.25, 0.3) is 0 Å². The van der Waals surface area contributed by atoms with E-state index in [0.717, 1.165) is 29.0 Å². The molecule has 1 aliphatic heterocycles. The minimum Gasteiger partial charge on any atom is -0.482 e. The summed E-state index contributed by atoms with van der Waals surface area (Å²) in [4.78, 5) is 11.3. The average molecular weight is 274 g/mol. The molecule has 0 bridgehead atoms. The molecule has 4 heteroatoms. The summed E-state index contributed by atoms with van der Waals surface area (Å²) < 4.78 is 5.37. The highest BCUT2D eigenvalue weighted by atomic mass is 16.5. The molecule has 1 aliphatic carbocycles. The summed E-state index contributed by atoms with van der Waals surface area (Å²) in [6.45, 7) is 4.78. The van der Waals surface area contributed by atoms with Crippen molar-refractivity contribution in [1.82, 2.24) is 0 Å². The van der Waals surface area contributed by atoms with Gasteiger partial charge < -0.3 is 15.4 Å². The fourth-order valence-corrected chi connectivity index (χ4v) is 3.09. The van der Waals surface area contributed by atoms with Crippen LogP contribution in [0.2, 0.25) is 0 Å². The van der Waals surface area contributed by atoms with E-state index in [4.69, 9.17) is 4.74 Å². The summed E-state index contributed by atoms with van der Waals surface area (Å²) in [6.07, 6.45) is 3.70. The van der Waals surface area contributed by atoms with Crippen LogP contribution in [0.15, 0.2) is 18.2 Å². The SMILES string of the molecule is CC1CCC(Nc2ccc3c(c2)NC(=O)CO3)CC1C. The smallest absolute Gasteiger partial charge is 0.262 e. The first kappa shape index (κ1) is 13.3. The molecule has 1 amide bonds. The number of carbonyl (C=O) groups is 1. The number of hydrogen-bond donors (Lipinski definition) is 2. The van der Waals surface area contributed by atoms with Crippen molar-refractivity contribution in [2.45, 2.75) is 39.2 Å². The highest BCUT2D eigenvalue weighted by molar-refractivity contribution is 5.96. The Balaban J connectivity index is 1.69. The first-order valence-electron chi connectivity index (χ1n) is 7.45. The first-order valence-corrected chi connectivity index (χ1v) is 7.45. The van der Waals surface area contributed by atoms with E-state index in [2.05, 4.69) is 24.5 Å². The molecular weight excluding hydrogens is 252 g/mol. The normalized spacial score (nSPS) is 29.1. The molecule has 0 radical (unpaired) electrons. The Morgan fingerprint density at radius 2 is 2.10 bits per heavy atom. The largest absolute Gasteiger partial charge is 0.482 e. The number of carbonyl (C=O) groups excluding carboxylic acids is 1. The maximum atomic E-state index is 11.3. The van der Waals surface area contributed by atoms with Gasteiger partial charge in [0, 0.05) is 11.7 Å². The van der Waals surface area contributed by atoms with Crippen LogP contribution < -0.4 is 15.4 Å². The third kappa shape index (κ3) is 2.74. The molecule has 1 fully saturated rings. The Hall–Kier alpha value is -1.71. The van der Waals surface area contributed by atoms with Crippen LogP contribution in [-0.2, 0) is 4.79 Å². The van der Waals surface area contributed by atoms with Gasteiger partial charge in [0.2, 0.25) is 0 Å². The number of fused-ring (bicyclic) bond motifs is 1. The van der Waals surface area contributed by atoms with Gasteiger partial charge in [-0.3, -0.25) is 4.79 Å². The van der Waals surface area contributed by atoms with Crippen LogP contribution in [0.3, 0.4) is 0 Å². The second kappa shape index (κ2) is 5.35. The highest BCUT2D eigenvalue weighted by Crippen LogP contribution is 2.34. The van der Waals surface area contributed by atoms with Crippen molar-refractivity contribution >= 4 is 17.3 Å². The maximum Gasteiger partial charge on any atom is 0.262 e.